The maximum Gasteiger partial charge on any atom is 0.331 e. The standard InChI is InChI=1S/C18H28N2O4/c1-24-17(23)18(9-5-2-6-10-18)19-16(22)13-11-15(21)20(12-13)14-7-3-4-8-14/h13-14H,2-12H2,1H3,(H,19,22)/t13-/m0/s1. The molecule has 2 amide bonds. The highest BCUT2D eigenvalue weighted by Crippen LogP contribution is 2.32. The summed E-state index contributed by atoms with van der Waals surface area (Å²) >= 11 is 0. The molecule has 0 radical (unpaired) electrons. The van der Waals surface area contributed by atoms with E-state index in [-0.39, 0.29) is 30.1 Å². The number of nitrogens with zero attached hydrogens (tertiary/aromatic N) is 1. The molecule has 0 unspecified atom stereocenters. The third-order valence-electron chi connectivity index (χ3n) is 5.94. The van der Waals surface area contributed by atoms with Gasteiger partial charge in [-0.25, -0.2) is 4.79 Å². The Hall–Kier alpha value is -1.59. The minimum absolute atomic E-state index is 0.0813. The van der Waals surface area contributed by atoms with Crippen LogP contribution in [0.15, 0.2) is 0 Å². The lowest BCUT2D eigenvalue weighted by Crippen LogP contribution is -2.57. The van der Waals surface area contributed by atoms with Crippen molar-refractivity contribution in [1.29, 1.82) is 0 Å². The minimum Gasteiger partial charge on any atom is -0.467 e. The van der Waals surface area contributed by atoms with E-state index in [9.17, 15) is 14.4 Å². The summed E-state index contributed by atoms with van der Waals surface area (Å²) < 4.78 is 4.95. The lowest BCUT2D eigenvalue weighted by molar-refractivity contribution is -0.153. The number of hydrogen-bond donors (Lipinski definition) is 1. The zero-order valence-corrected chi connectivity index (χ0v) is 14.5. The average molecular weight is 336 g/mol. The van der Waals surface area contributed by atoms with Crippen molar-refractivity contribution in [2.45, 2.75) is 75.8 Å². The molecule has 1 heterocycles. The zero-order chi connectivity index (χ0) is 17.2. The van der Waals surface area contributed by atoms with Crippen LogP contribution in [0.2, 0.25) is 0 Å². The molecule has 0 bridgehead atoms. The third-order valence-corrected chi connectivity index (χ3v) is 5.94. The van der Waals surface area contributed by atoms with E-state index < -0.39 is 5.54 Å². The van der Waals surface area contributed by atoms with Crippen LogP contribution in [0.5, 0.6) is 0 Å². The Morgan fingerprint density at radius 3 is 2.42 bits per heavy atom. The number of rotatable bonds is 4. The van der Waals surface area contributed by atoms with Crippen LogP contribution < -0.4 is 5.32 Å². The fraction of sp³-hybridized carbons (Fsp3) is 0.833. The lowest BCUT2D eigenvalue weighted by atomic mass is 9.81. The Kier molecular flexibility index (Phi) is 5.11. The van der Waals surface area contributed by atoms with Crippen LogP contribution in [0.3, 0.4) is 0 Å². The van der Waals surface area contributed by atoms with Crippen molar-refractivity contribution in [2.24, 2.45) is 5.92 Å². The van der Waals surface area contributed by atoms with E-state index in [0.29, 0.717) is 25.4 Å². The van der Waals surface area contributed by atoms with Crippen LogP contribution in [-0.2, 0) is 19.1 Å². The number of ether oxygens (including phenoxy) is 1. The molecule has 1 aliphatic heterocycles. The van der Waals surface area contributed by atoms with Crippen LogP contribution in [0, 0.1) is 5.92 Å². The van der Waals surface area contributed by atoms with Crippen molar-refractivity contribution in [3.05, 3.63) is 0 Å². The first-order valence-corrected chi connectivity index (χ1v) is 9.26. The third kappa shape index (κ3) is 3.28. The largest absolute Gasteiger partial charge is 0.467 e. The fourth-order valence-electron chi connectivity index (χ4n) is 4.54. The highest BCUT2D eigenvalue weighted by molar-refractivity contribution is 5.93. The van der Waals surface area contributed by atoms with Gasteiger partial charge in [-0.3, -0.25) is 9.59 Å². The molecule has 0 spiro atoms. The first kappa shape index (κ1) is 17.2. The van der Waals surface area contributed by atoms with Gasteiger partial charge in [0.2, 0.25) is 11.8 Å². The fourth-order valence-corrected chi connectivity index (χ4v) is 4.54. The predicted octanol–water partition coefficient (Wildman–Crippen LogP) is 1.77. The molecule has 0 aromatic carbocycles. The van der Waals surface area contributed by atoms with Crippen molar-refractivity contribution in [3.8, 4) is 0 Å². The molecule has 2 saturated carbocycles. The smallest absolute Gasteiger partial charge is 0.331 e. The summed E-state index contributed by atoms with van der Waals surface area (Å²) in [5, 5.41) is 2.96. The number of hydrogen-bond acceptors (Lipinski definition) is 4. The van der Waals surface area contributed by atoms with Gasteiger partial charge in [0.05, 0.1) is 13.0 Å². The molecule has 0 aromatic rings. The van der Waals surface area contributed by atoms with Crippen molar-refractivity contribution in [3.63, 3.8) is 0 Å². The van der Waals surface area contributed by atoms with Crippen molar-refractivity contribution < 1.29 is 19.1 Å². The van der Waals surface area contributed by atoms with E-state index in [1.807, 2.05) is 4.90 Å². The number of esters is 1. The SMILES string of the molecule is COC(=O)C1(NC(=O)[C@H]2CC(=O)N(C3CCCC3)C2)CCCCC1. The zero-order valence-electron chi connectivity index (χ0n) is 14.5. The molecular formula is C18H28N2O4. The summed E-state index contributed by atoms with van der Waals surface area (Å²) in [4.78, 5) is 39.2. The lowest BCUT2D eigenvalue weighted by Gasteiger charge is -2.36. The molecular weight excluding hydrogens is 308 g/mol. The van der Waals surface area contributed by atoms with E-state index in [0.717, 1.165) is 44.9 Å². The Morgan fingerprint density at radius 1 is 1.12 bits per heavy atom. The quantitative estimate of drug-likeness (QED) is 0.794. The van der Waals surface area contributed by atoms with Gasteiger partial charge < -0.3 is 15.0 Å². The normalized spacial score (nSPS) is 27.3. The first-order chi connectivity index (χ1) is 11.6. The van der Waals surface area contributed by atoms with Crippen LogP contribution in [0.25, 0.3) is 0 Å². The monoisotopic (exact) mass is 336 g/mol. The molecule has 6 heteroatoms. The maximum absolute atomic E-state index is 12.7. The Balaban J connectivity index is 1.65. The second kappa shape index (κ2) is 7.11. The van der Waals surface area contributed by atoms with Crippen molar-refractivity contribution >= 4 is 17.8 Å². The topological polar surface area (TPSA) is 75.7 Å². The summed E-state index contributed by atoms with van der Waals surface area (Å²) in [6.07, 6.45) is 8.83. The molecule has 134 valence electrons. The molecule has 3 rings (SSSR count). The molecule has 1 N–H and O–H groups in total. The van der Waals surface area contributed by atoms with Gasteiger partial charge in [0, 0.05) is 19.0 Å². The van der Waals surface area contributed by atoms with E-state index in [1.54, 1.807) is 0 Å². The number of likely N-dealkylation sites (tertiary alicyclic amines) is 1. The second-order valence-corrected chi connectivity index (χ2v) is 7.51. The number of amides is 2. The van der Waals surface area contributed by atoms with Crippen LogP contribution in [0.1, 0.15) is 64.2 Å². The second-order valence-electron chi connectivity index (χ2n) is 7.51. The van der Waals surface area contributed by atoms with E-state index in [2.05, 4.69) is 5.32 Å². The molecule has 0 aromatic heterocycles. The van der Waals surface area contributed by atoms with Gasteiger partial charge in [-0.1, -0.05) is 32.1 Å². The molecule has 2 aliphatic carbocycles. The molecule has 6 nitrogen and oxygen atoms in total. The summed E-state index contributed by atoms with van der Waals surface area (Å²) in [7, 11) is 1.37. The van der Waals surface area contributed by atoms with Crippen LogP contribution in [-0.4, -0.2) is 47.9 Å². The highest BCUT2D eigenvalue weighted by atomic mass is 16.5. The Bertz CT molecular complexity index is 507. The number of carbonyl (C=O) groups is 3. The summed E-state index contributed by atoms with van der Waals surface area (Å²) in [5.74, 6) is -0.789. The van der Waals surface area contributed by atoms with Gasteiger partial charge in [-0.2, -0.15) is 0 Å². The van der Waals surface area contributed by atoms with Crippen molar-refractivity contribution in [1.82, 2.24) is 10.2 Å². The number of nitrogens with one attached hydrogen (secondary N) is 1. The molecule has 1 atom stereocenters. The van der Waals surface area contributed by atoms with E-state index in [1.165, 1.54) is 7.11 Å². The van der Waals surface area contributed by atoms with Crippen LogP contribution >= 0.6 is 0 Å². The van der Waals surface area contributed by atoms with Gasteiger partial charge in [0.15, 0.2) is 0 Å². The molecule has 1 saturated heterocycles. The predicted molar refractivity (Wildman–Crippen MR) is 88.1 cm³/mol. The maximum atomic E-state index is 12.7. The van der Waals surface area contributed by atoms with Gasteiger partial charge in [0.1, 0.15) is 5.54 Å². The van der Waals surface area contributed by atoms with Gasteiger partial charge in [0.25, 0.3) is 0 Å². The van der Waals surface area contributed by atoms with Gasteiger partial charge in [-0.05, 0) is 25.7 Å². The van der Waals surface area contributed by atoms with Crippen molar-refractivity contribution in [2.75, 3.05) is 13.7 Å². The first-order valence-electron chi connectivity index (χ1n) is 9.26. The van der Waals surface area contributed by atoms with E-state index in [4.69, 9.17) is 4.74 Å². The van der Waals surface area contributed by atoms with E-state index >= 15 is 0 Å². The summed E-state index contributed by atoms with van der Waals surface area (Å²) in [5.41, 5.74) is -0.895. The average Bonchev–Trinajstić information content (AvgIpc) is 3.24. The highest BCUT2D eigenvalue weighted by Gasteiger charge is 2.45. The Labute approximate surface area is 143 Å². The molecule has 3 fully saturated rings. The van der Waals surface area contributed by atoms with Crippen LogP contribution in [0.4, 0.5) is 0 Å². The number of methoxy groups -OCH3 is 1. The minimum atomic E-state index is -0.895. The summed E-state index contributed by atoms with van der Waals surface area (Å²) in [6, 6.07) is 0.305. The van der Waals surface area contributed by atoms with Gasteiger partial charge in [-0.15, -0.1) is 0 Å². The number of carbonyl (C=O) groups excluding carboxylic acids is 3. The van der Waals surface area contributed by atoms with Gasteiger partial charge >= 0.3 is 5.97 Å². The summed E-state index contributed by atoms with van der Waals surface area (Å²) in [6.45, 7) is 0.493. The molecule has 3 aliphatic rings. The molecule has 24 heavy (non-hydrogen) atoms. The Morgan fingerprint density at radius 2 is 1.79 bits per heavy atom.